The molecule has 0 saturated carbocycles. The number of carbonyl (C=O) groups excluding carboxylic acids is 1. The number of esters is 1. The van der Waals surface area contributed by atoms with Crippen LogP contribution in [0.25, 0.3) is 0 Å². The molecule has 0 aliphatic heterocycles. The molecular weight excluding hydrogens is 250 g/mol. The molecule has 1 aromatic rings. The minimum atomic E-state index is -0.466. The number of rotatable bonds is 8. The van der Waals surface area contributed by atoms with E-state index in [4.69, 9.17) is 0 Å². The minimum absolute atomic E-state index is 0.0305. The van der Waals surface area contributed by atoms with Gasteiger partial charge in [0.15, 0.2) is 0 Å². The summed E-state index contributed by atoms with van der Waals surface area (Å²) in [6, 6.07) is 2.94. The van der Waals surface area contributed by atoms with Crippen LogP contribution in [0.2, 0.25) is 0 Å². The highest BCUT2D eigenvalue weighted by atomic mass is 16.6. The Morgan fingerprint density at radius 1 is 1.47 bits per heavy atom. The fraction of sp³-hybridized carbons (Fsp3) is 0.500. The molecule has 7 heteroatoms. The zero-order valence-corrected chi connectivity index (χ0v) is 10.8. The molecule has 0 bridgehead atoms. The number of methoxy groups -OCH3 is 1. The predicted octanol–water partition coefficient (Wildman–Crippen LogP) is 2.14. The van der Waals surface area contributed by atoms with Crippen LogP contribution in [-0.2, 0) is 9.53 Å². The number of nitrogens with zero attached hydrogens (tertiary/aromatic N) is 2. The molecule has 0 aliphatic rings. The molecule has 0 spiro atoms. The number of unbranched alkanes of at least 4 members (excludes halogenated alkanes) is 2. The monoisotopic (exact) mass is 267 g/mol. The number of aromatic nitrogens is 1. The number of hydrogen-bond acceptors (Lipinski definition) is 6. The van der Waals surface area contributed by atoms with Gasteiger partial charge in [-0.1, -0.05) is 6.42 Å². The van der Waals surface area contributed by atoms with Crippen LogP contribution in [0.1, 0.15) is 25.7 Å². The molecule has 1 N–H and O–H groups in total. The van der Waals surface area contributed by atoms with Crippen molar-refractivity contribution < 1.29 is 14.5 Å². The van der Waals surface area contributed by atoms with Gasteiger partial charge in [-0.15, -0.1) is 0 Å². The molecule has 104 valence electrons. The smallest absolute Gasteiger partial charge is 0.311 e. The Morgan fingerprint density at radius 3 is 2.95 bits per heavy atom. The van der Waals surface area contributed by atoms with E-state index in [0.29, 0.717) is 13.0 Å². The summed E-state index contributed by atoms with van der Waals surface area (Å²) < 4.78 is 4.53. The summed E-state index contributed by atoms with van der Waals surface area (Å²) in [6.07, 6.45) is 4.32. The molecule has 0 radical (unpaired) electrons. The van der Waals surface area contributed by atoms with E-state index in [2.05, 4.69) is 15.0 Å². The molecular formula is C12H17N3O4. The van der Waals surface area contributed by atoms with Gasteiger partial charge >= 0.3 is 11.7 Å². The second kappa shape index (κ2) is 8.02. The summed E-state index contributed by atoms with van der Waals surface area (Å²) in [5, 5.41) is 13.7. The van der Waals surface area contributed by atoms with E-state index >= 15 is 0 Å². The standard InChI is InChI=1S/C12H17N3O4/c1-19-11(16)7-3-2-4-8-13-12-10(15(17)18)6-5-9-14-12/h5-6,9H,2-4,7-8H2,1H3,(H,13,14). The van der Waals surface area contributed by atoms with E-state index in [0.717, 1.165) is 19.3 Å². The van der Waals surface area contributed by atoms with Crippen LogP contribution in [0.3, 0.4) is 0 Å². The first kappa shape index (κ1) is 14.9. The van der Waals surface area contributed by atoms with Crippen LogP contribution in [0.4, 0.5) is 11.5 Å². The van der Waals surface area contributed by atoms with Gasteiger partial charge in [-0.2, -0.15) is 0 Å². The van der Waals surface area contributed by atoms with Crippen LogP contribution in [0, 0.1) is 10.1 Å². The highest BCUT2D eigenvalue weighted by Gasteiger charge is 2.12. The number of ether oxygens (including phenoxy) is 1. The van der Waals surface area contributed by atoms with Gasteiger partial charge in [0, 0.05) is 25.2 Å². The van der Waals surface area contributed by atoms with E-state index in [9.17, 15) is 14.9 Å². The first-order chi connectivity index (χ1) is 9.15. The van der Waals surface area contributed by atoms with Gasteiger partial charge in [0.25, 0.3) is 0 Å². The highest BCUT2D eigenvalue weighted by molar-refractivity contribution is 5.68. The lowest BCUT2D eigenvalue weighted by Gasteiger charge is -2.05. The maximum absolute atomic E-state index is 10.9. The number of carbonyl (C=O) groups is 1. The van der Waals surface area contributed by atoms with Crippen molar-refractivity contribution >= 4 is 17.5 Å². The van der Waals surface area contributed by atoms with E-state index in [1.807, 2.05) is 0 Å². The SMILES string of the molecule is COC(=O)CCCCCNc1ncccc1[N+](=O)[O-]. The maximum Gasteiger partial charge on any atom is 0.311 e. The third kappa shape index (κ3) is 5.33. The van der Waals surface area contributed by atoms with Gasteiger partial charge in [0.1, 0.15) is 0 Å². The molecule has 1 heterocycles. The molecule has 0 aromatic carbocycles. The Hall–Kier alpha value is -2.18. The molecule has 0 atom stereocenters. The lowest BCUT2D eigenvalue weighted by atomic mass is 10.2. The van der Waals surface area contributed by atoms with E-state index in [-0.39, 0.29) is 17.5 Å². The molecule has 0 amide bonds. The molecule has 1 rings (SSSR count). The summed E-state index contributed by atoms with van der Waals surface area (Å²) in [4.78, 5) is 25.1. The van der Waals surface area contributed by atoms with Crippen molar-refractivity contribution in [1.82, 2.24) is 4.98 Å². The maximum atomic E-state index is 10.9. The fourth-order valence-corrected chi connectivity index (χ4v) is 1.56. The van der Waals surface area contributed by atoms with Crippen molar-refractivity contribution in [2.45, 2.75) is 25.7 Å². The molecule has 19 heavy (non-hydrogen) atoms. The summed E-state index contributed by atoms with van der Waals surface area (Å²) in [5.74, 6) is 0.0637. The highest BCUT2D eigenvalue weighted by Crippen LogP contribution is 2.20. The zero-order chi connectivity index (χ0) is 14.1. The summed E-state index contributed by atoms with van der Waals surface area (Å²) in [5.41, 5.74) is -0.0305. The molecule has 0 aliphatic carbocycles. The molecule has 7 nitrogen and oxygen atoms in total. The Bertz CT molecular complexity index is 437. The first-order valence-electron chi connectivity index (χ1n) is 6.05. The molecule has 0 fully saturated rings. The van der Waals surface area contributed by atoms with Crippen LogP contribution < -0.4 is 5.32 Å². The number of nitrogens with one attached hydrogen (secondary N) is 1. The average Bonchev–Trinajstić information content (AvgIpc) is 2.42. The Kier molecular flexibility index (Phi) is 6.28. The Balaban J connectivity index is 2.26. The van der Waals surface area contributed by atoms with E-state index < -0.39 is 4.92 Å². The Morgan fingerprint density at radius 2 is 2.26 bits per heavy atom. The van der Waals surface area contributed by atoms with Crippen molar-refractivity contribution in [3.8, 4) is 0 Å². The third-order valence-electron chi connectivity index (χ3n) is 2.56. The first-order valence-corrected chi connectivity index (χ1v) is 6.05. The van der Waals surface area contributed by atoms with Crippen LogP contribution in [-0.4, -0.2) is 29.5 Å². The second-order valence-corrected chi connectivity index (χ2v) is 3.94. The van der Waals surface area contributed by atoms with Gasteiger partial charge in [-0.25, -0.2) is 4.98 Å². The topological polar surface area (TPSA) is 94.4 Å². The predicted molar refractivity (Wildman–Crippen MR) is 69.9 cm³/mol. The van der Waals surface area contributed by atoms with E-state index in [1.165, 1.54) is 25.4 Å². The molecule has 1 aromatic heterocycles. The van der Waals surface area contributed by atoms with Crippen molar-refractivity contribution in [2.24, 2.45) is 0 Å². The quantitative estimate of drug-likeness (QED) is 0.335. The van der Waals surface area contributed by atoms with Crippen LogP contribution in [0.15, 0.2) is 18.3 Å². The second-order valence-electron chi connectivity index (χ2n) is 3.94. The van der Waals surface area contributed by atoms with Gasteiger partial charge in [0.2, 0.25) is 5.82 Å². The van der Waals surface area contributed by atoms with Gasteiger partial charge in [-0.05, 0) is 18.9 Å². The van der Waals surface area contributed by atoms with Crippen molar-refractivity contribution in [1.29, 1.82) is 0 Å². The zero-order valence-electron chi connectivity index (χ0n) is 10.8. The molecule has 0 saturated heterocycles. The molecule has 0 unspecified atom stereocenters. The summed E-state index contributed by atoms with van der Waals surface area (Å²) in [6.45, 7) is 0.582. The third-order valence-corrected chi connectivity index (χ3v) is 2.56. The van der Waals surface area contributed by atoms with E-state index in [1.54, 1.807) is 0 Å². The van der Waals surface area contributed by atoms with Gasteiger partial charge in [-0.3, -0.25) is 14.9 Å². The minimum Gasteiger partial charge on any atom is -0.469 e. The fourth-order valence-electron chi connectivity index (χ4n) is 1.56. The largest absolute Gasteiger partial charge is 0.469 e. The lowest BCUT2D eigenvalue weighted by Crippen LogP contribution is -2.06. The average molecular weight is 267 g/mol. The number of pyridine rings is 1. The number of nitro groups is 1. The summed E-state index contributed by atoms with van der Waals surface area (Å²) >= 11 is 0. The van der Waals surface area contributed by atoms with Crippen LogP contribution in [0.5, 0.6) is 0 Å². The summed E-state index contributed by atoms with van der Waals surface area (Å²) in [7, 11) is 1.37. The van der Waals surface area contributed by atoms with Crippen molar-refractivity contribution in [3.63, 3.8) is 0 Å². The van der Waals surface area contributed by atoms with Gasteiger partial charge < -0.3 is 10.1 Å². The van der Waals surface area contributed by atoms with Crippen molar-refractivity contribution in [3.05, 3.63) is 28.4 Å². The number of anilines is 1. The Labute approximate surface area is 111 Å². The normalized spacial score (nSPS) is 9.95. The number of hydrogen-bond donors (Lipinski definition) is 1. The lowest BCUT2D eigenvalue weighted by molar-refractivity contribution is -0.384. The van der Waals surface area contributed by atoms with Crippen LogP contribution >= 0.6 is 0 Å². The van der Waals surface area contributed by atoms with Gasteiger partial charge in [0.05, 0.1) is 12.0 Å². The van der Waals surface area contributed by atoms with Crippen molar-refractivity contribution in [2.75, 3.05) is 19.0 Å².